The van der Waals surface area contributed by atoms with Gasteiger partial charge in [0.05, 0.1) is 6.61 Å². The molecule has 2 N–H and O–H groups in total. The summed E-state index contributed by atoms with van der Waals surface area (Å²) >= 11 is 0. The van der Waals surface area contributed by atoms with Crippen molar-refractivity contribution in [3.8, 4) is 5.75 Å². The Kier molecular flexibility index (Phi) is 6.99. The molecule has 0 fully saturated rings. The first-order valence-corrected chi connectivity index (χ1v) is 9.25. The Bertz CT molecular complexity index is 777. The van der Waals surface area contributed by atoms with Crippen molar-refractivity contribution in [3.63, 3.8) is 0 Å². The van der Waals surface area contributed by atoms with Crippen LogP contribution in [-0.4, -0.2) is 18.4 Å². The molecule has 0 heterocycles. The third kappa shape index (κ3) is 6.13. The molecule has 2 aromatic rings. The summed E-state index contributed by atoms with van der Waals surface area (Å²) in [6, 6.07) is 14.3. The van der Waals surface area contributed by atoms with Crippen molar-refractivity contribution in [1.29, 1.82) is 0 Å². The molecule has 0 radical (unpaired) electrons. The maximum Gasteiger partial charge on any atom is 0.269 e. The van der Waals surface area contributed by atoms with Gasteiger partial charge in [0.15, 0.2) is 0 Å². The van der Waals surface area contributed by atoms with Crippen LogP contribution in [0.2, 0.25) is 0 Å². The number of amides is 2. The van der Waals surface area contributed by atoms with Crippen LogP contribution < -0.4 is 15.6 Å². The van der Waals surface area contributed by atoms with Gasteiger partial charge in [0.25, 0.3) is 11.8 Å². The van der Waals surface area contributed by atoms with Crippen molar-refractivity contribution < 1.29 is 14.3 Å². The van der Waals surface area contributed by atoms with Gasteiger partial charge in [0.1, 0.15) is 5.75 Å². The zero-order chi connectivity index (χ0) is 19.9. The van der Waals surface area contributed by atoms with Gasteiger partial charge in [-0.3, -0.25) is 20.4 Å². The Balaban J connectivity index is 1.93. The quantitative estimate of drug-likeness (QED) is 0.592. The molecular weight excluding hydrogens is 340 g/mol. The van der Waals surface area contributed by atoms with Crippen LogP contribution in [0.4, 0.5) is 0 Å². The summed E-state index contributed by atoms with van der Waals surface area (Å²) < 4.78 is 5.60. The standard InChI is InChI=1S/C22H28N2O3/c1-5-6-14-27-19-9-7-8-17(15-19)21(26)24-23-20(25)16-10-12-18(13-11-16)22(2,3)4/h7-13,15H,5-6,14H2,1-4H3,(H,23,25)(H,24,26). The topological polar surface area (TPSA) is 67.4 Å². The SMILES string of the molecule is CCCCOc1cccc(C(=O)NNC(=O)c2ccc(C(C)(C)C)cc2)c1. The Morgan fingerprint density at radius 3 is 2.15 bits per heavy atom. The Morgan fingerprint density at radius 1 is 0.926 bits per heavy atom. The van der Waals surface area contributed by atoms with E-state index in [1.165, 1.54) is 0 Å². The highest BCUT2D eigenvalue weighted by Crippen LogP contribution is 2.22. The van der Waals surface area contributed by atoms with Gasteiger partial charge in [-0.2, -0.15) is 0 Å². The molecule has 0 spiro atoms. The average Bonchev–Trinajstić information content (AvgIpc) is 2.65. The van der Waals surface area contributed by atoms with E-state index in [1.807, 2.05) is 18.2 Å². The molecule has 2 rings (SSSR count). The van der Waals surface area contributed by atoms with Crippen molar-refractivity contribution in [3.05, 3.63) is 65.2 Å². The average molecular weight is 368 g/mol. The molecule has 0 aliphatic carbocycles. The minimum atomic E-state index is -0.393. The largest absolute Gasteiger partial charge is 0.494 e. The maximum absolute atomic E-state index is 12.3. The number of rotatable bonds is 6. The third-order valence-electron chi connectivity index (χ3n) is 4.17. The van der Waals surface area contributed by atoms with E-state index in [1.54, 1.807) is 30.3 Å². The van der Waals surface area contributed by atoms with E-state index in [9.17, 15) is 9.59 Å². The fourth-order valence-electron chi connectivity index (χ4n) is 2.44. The number of ether oxygens (including phenoxy) is 1. The molecule has 0 aromatic heterocycles. The summed E-state index contributed by atoms with van der Waals surface area (Å²) in [6.07, 6.45) is 2.00. The molecule has 0 saturated carbocycles. The monoisotopic (exact) mass is 368 g/mol. The fourth-order valence-corrected chi connectivity index (χ4v) is 2.44. The van der Waals surface area contributed by atoms with Crippen LogP contribution >= 0.6 is 0 Å². The van der Waals surface area contributed by atoms with Gasteiger partial charge in [-0.05, 0) is 47.7 Å². The van der Waals surface area contributed by atoms with Crippen LogP contribution in [0.3, 0.4) is 0 Å². The first kappa shape index (κ1) is 20.5. The molecule has 144 valence electrons. The number of nitrogens with one attached hydrogen (secondary N) is 2. The summed E-state index contributed by atoms with van der Waals surface area (Å²) in [7, 11) is 0. The lowest BCUT2D eigenvalue weighted by molar-refractivity contribution is 0.0846. The second-order valence-electron chi connectivity index (χ2n) is 7.47. The number of hydrazine groups is 1. The van der Waals surface area contributed by atoms with Crippen LogP contribution in [0.25, 0.3) is 0 Å². The predicted molar refractivity (Wildman–Crippen MR) is 107 cm³/mol. The van der Waals surface area contributed by atoms with Crippen LogP contribution in [0.1, 0.15) is 66.8 Å². The molecule has 2 amide bonds. The maximum atomic E-state index is 12.3. The molecule has 0 atom stereocenters. The van der Waals surface area contributed by atoms with Crippen molar-refractivity contribution in [2.75, 3.05) is 6.61 Å². The molecule has 27 heavy (non-hydrogen) atoms. The second-order valence-corrected chi connectivity index (χ2v) is 7.47. The highest BCUT2D eigenvalue weighted by atomic mass is 16.5. The Labute approximate surface area is 161 Å². The molecule has 0 saturated heterocycles. The van der Waals surface area contributed by atoms with Crippen LogP contribution in [0.15, 0.2) is 48.5 Å². The summed E-state index contributed by atoms with van der Waals surface area (Å²) in [5.74, 6) is -0.116. The number of carbonyl (C=O) groups is 2. The lowest BCUT2D eigenvalue weighted by atomic mass is 9.87. The van der Waals surface area contributed by atoms with Crippen molar-refractivity contribution in [2.24, 2.45) is 0 Å². The van der Waals surface area contributed by atoms with Gasteiger partial charge < -0.3 is 4.74 Å². The summed E-state index contributed by atoms with van der Waals surface area (Å²) in [5.41, 5.74) is 6.96. The normalized spacial score (nSPS) is 11.0. The van der Waals surface area contributed by atoms with E-state index in [4.69, 9.17) is 4.74 Å². The third-order valence-corrected chi connectivity index (χ3v) is 4.17. The van der Waals surface area contributed by atoms with Crippen molar-refractivity contribution in [2.45, 2.75) is 46.0 Å². The number of unbranched alkanes of at least 4 members (excludes halogenated alkanes) is 1. The lowest BCUT2D eigenvalue weighted by Crippen LogP contribution is -2.41. The van der Waals surface area contributed by atoms with Crippen LogP contribution in [-0.2, 0) is 5.41 Å². The zero-order valence-corrected chi connectivity index (χ0v) is 16.5. The zero-order valence-electron chi connectivity index (χ0n) is 16.5. The van der Waals surface area contributed by atoms with Gasteiger partial charge in [0, 0.05) is 11.1 Å². The van der Waals surface area contributed by atoms with Crippen molar-refractivity contribution in [1.82, 2.24) is 10.9 Å². The van der Waals surface area contributed by atoms with E-state index < -0.39 is 5.91 Å². The Hall–Kier alpha value is -2.82. The van der Waals surface area contributed by atoms with E-state index >= 15 is 0 Å². The molecule has 2 aromatic carbocycles. The Morgan fingerprint density at radius 2 is 1.56 bits per heavy atom. The number of benzene rings is 2. The molecule has 5 nitrogen and oxygen atoms in total. The van der Waals surface area contributed by atoms with E-state index in [0.29, 0.717) is 23.5 Å². The number of hydrogen-bond acceptors (Lipinski definition) is 3. The van der Waals surface area contributed by atoms with E-state index in [-0.39, 0.29) is 11.3 Å². The predicted octanol–water partition coefficient (Wildman–Crippen LogP) is 4.24. The van der Waals surface area contributed by atoms with Gasteiger partial charge in [0.2, 0.25) is 0 Å². The molecule has 5 heteroatoms. The van der Waals surface area contributed by atoms with Crippen LogP contribution in [0.5, 0.6) is 5.75 Å². The smallest absolute Gasteiger partial charge is 0.269 e. The molecule has 0 unspecified atom stereocenters. The van der Waals surface area contributed by atoms with Gasteiger partial charge in [-0.1, -0.05) is 52.3 Å². The van der Waals surface area contributed by atoms with Gasteiger partial charge in [-0.15, -0.1) is 0 Å². The highest BCUT2D eigenvalue weighted by molar-refractivity contribution is 5.99. The summed E-state index contributed by atoms with van der Waals surface area (Å²) in [5, 5.41) is 0. The summed E-state index contributed by atoms with van der Waals surface area (Å²) in [4.78, 5) is 24.5. The summed E-state index contributed by atoms with van der Waals surface area (Å²) in [6.45, 7) is 9.04. The lowest BCUT2D eigenvalue weighted by Gasteiger charge is -2.19. The van der Waals surface area contributed by atoms with E-state index in [0.717, 1.165) is 18.4 Å². The first-order chi connectivity index (χ1) is 12.8. The van der Waals surface area contributed by atoms with Crippen LogP contribution in [0, 0.1) is 0 Å². The molecule has 0 aliphatic rings. The molecule has 0 aliphatic heterocycles. The van der Waals surface area contributed by atoms with Gasteiger partial charge in [-0.25, -0.2) is 0 Å². The fraction of sp³-hybridized carbons (Fsp3) is 0.364. The first-order valence-electron chi connectivity index (χ1n) is 9.25. The van der Waals surface area contributed by atoms with Gasteiger partial charge >= 0.3 is 0 Å². The number of carbonyl (C=O) groups excluding carboxylic acids is 2. The minimum Gasteiger partial charge on any atom is -0.494 e. The second kappa shape index (κ2) is 9.21. The van der Waals surface area contributed by atoms with E-state index in [2.05, 4.69) is 38.5 Å². The van der Waals surface area contributed by atoms with Crippen molar-refractivity contribution >= 4 is 11.8 Å². The molecular formula is C22H28N2O3. The minimum absolute atomic E-state index is 0.0213. The molecule has 0 bridgehead atoms. The number of hydrogen-bond donors (Lipinski definition) is 2. The highest BCUT2D eigenvalue weighted by Gasteiger charge is 2.15.